The summed E-state index contributed by atoms with van der Waals surface area (Å²) < 4.78 is 0. The van der Waals surface area contributed by atoms with E-state index in [-0.39, 0.29) is 28.8 Å². The van der Waals surface area contributed by atoms with Gasteiger partial charge in [-0.2, -0.15) is 0 Å². The van der Waals surface area contributed by atoms with E-state index in [9.17, 15) is 14.7 Å². The molecule has 4 rings (SSSR count). The number of Topliss-reactive ketones (excluding diaryl/α,β-unsaturated/α-hetero) is 2. The molecule has 134 valence electrons. The molecule has 4 aliphatic carbocycles. The molecular weight excluding hydrogens is 300 g/mol. The maximum absolute atomic E-state index is 13.0. The third kappa shape index (κ3) is 2.12. The number of rotatable bonds is 1. The van der Waals surface area contributed by atoms with Crippen molar-refractivity contribution in [2.45, 2.75) is 78.2 Å². The number of carbonyl (C=O) groups is 2. The SMILES string of the molecule is CC(=O)[C@H]1CC[C@H]2[C@@H]3CC(=O)[C@H]4C[C@H](O)CC[C@]4(C)[C@H]3CC[C@]12C. The third-order valence-electron chi connectivity index (χ3n) is 8.92. The summed E-state index contributed by atoms with van der Waals surface area (Å²) in [5.74, 6) is 2.64. The zero-order chi connectivity index (χ0) is 17.3. The summed E-state index contributed by atoms with van der Waals surface area (Å²) in [6.45, 7) is 6.42. The number of aliphatic hydroxyl groups is 1. The Balaban J connectivity index is 1.67. The molecule has 1 N–H and O–H groups in total. The van der Waals surface area contributed by atoms with Crippen LogP contribution in [0.25, 0.3) is 0 Å². The molecule has 0 aromatic heterocycles. The molecule has 0 saturated heterocycles. The Labute approximate surface area is 145 Å². The lowest BCUT2D eigenvalue weighted by atomic mass is 9.44. The smallest absolute Gasteiger partial charge is 0.136 e. The highest BCUT2D eigenvalue weighted by Gasteiger charge is 2.62. The summed E-state index contributed by atoms with van der Waals surface area (Å²) in [6, 6.07) is 0. The fourth-order valence-corrected chi connectivity index (χ4v) is 7.69. The Bertz CT molecular complexity index is 569. The molecule has 0 bridgehead atoms. The standard InChI is InChI=1S/C21H32O3/c1-12(22)15-4-5-16-14-11-19(24)18-10-13(23)6-8-21(18,3)17(14)7-9-20(15,16)2/h13-18,23H,4-11H2,1-3H3/t13-,14+,15-,16+,17+,18-,20-,21-/m1/s1. The fourth-order valence-electron chi connectivity index (χ4n) is 7.69. The molecule has 3 heteroatoms. The summed E-state index contributed by atoms with van der Waals surface area (Å²) in [7, 11) is 0. The van der Waals surface area contributed by atoms with Crippen LogP contribution in [0.15, 0.2) is 0 Å². The van der Waals surface area contributed by atoms with Crippen molar-refractivity contribution in [3.05, 3.63) is 0 Å². The summed E-state index contributed by atoms with van der Waals surface area (Å²) in [4.78, 5) is 25.1. The van der Waals surface area contributed by atoms with Crippen molar-refractivity contribution < 1.29 is 14.7 Å². The predicted octanol–water partition coefficient (Wildman–Crippen LogP) is 3.77. The van der Waals surface area contributed by atoms with Crippen LogP contribution in [0.1, 0.15) is 72.1 Å². The van der Waals surface area contributed by atoms with Gasteiger partial charge in [-0.3, -0.25) is 9.59 Å². The molecule has 4 fully saturated rings. The van der Waals surface area contributed by atoms with Crippen LogP contribution in [0.5, 0.6) is 0 Å². The van der Waals surface area contributed by atoms with Gasteiger partial charge in [-0.1, -0.05) is 13.8 Å². The first-order valence-electron chi connectivity index (χ1n) is 9.98. The minimum atomic E-state index is -0.286. The van der Waals surface area contributed by atoms with Crippen molar-refractivity contribution in [2.75, 3.05) is 0 Å². The van der Waals surface area contributed by atoms with Gasteiger partial charge in [-0.05, 0) is 80.5 Å². The van der Waals surface area contributed by atoms with E-state index in [4.69, 9.17) is 0 Å². The Kier molecular flexibility index (Phi) is 3.77. The van der Waals surface area contributed by atoms with Crippen LogP contribution in [0.3, 0.4) is 0 Å². The van der Waals surface area contributed by atoms with Crippen molar-refractivity contribution in [3.63, 3.8) is 0 Å². The maximum Gasteiger partial charge on any atom is 0.136 e. The van der Waals surface area contributed by atoms with Crippen molar-refractivity contribution >= 4 is 11.6 Å². The van der Waals surface area contributed by atoms with E-state index in [0.717, 1.165) is 38.5 Å². The lowest BCUT2D eigenvalue weighted by Gasteiger charge is -2.60. The summed E-state index contributed by atoms with van der Waals surface area (Å²) >= 11 is 0. The Morgan fingerprint density at radius 2 is 1.71 bits per heavy atom. The van der Waals surface area contributed by atoms with Crippen LogP contribution in [-0.4, -0.2) is 22.8 Å². The van der Waals surface area contributed by atoms with Gasteiger partial charge < -0.3 is 5.11 Å². The first-order chi connectivity index (χ1) is 11.3. The third-order valence-corrected chi connectivity index (χ3v) is 8.92. The normalized spacial score (nSPS) is 53.9. The van der Waals surface area contributed by atoms with E-state index in [2.05, 4.69) is 13.8 Å². The van der Waals surface area contributed by atoms with Gasteiger partial charge in [-0.25, -0.2) is 0 Å². The van der Waals surface area contributed by atoms with E-state index >= 15 is 0 Å². The zero-order valence-corrected chi connectivity index (χ0v) is 15.4. The molecule has 0 amide bonds. The maximum atomic E-state index is 13.0. The second-order valence-electron chi connectivity index (χ2n) is 9.82. The molecule has 0 radical (unpaired) electrons. The largest absolute Gasteiger partial charge is 0.393 e. The van der Waals surface area contributed by atoms with Gasteiger partial charge in [0.2, 0.25) is 0 Å². The number of hydrogen-bond acceptors (Lipinski definition) is 3. The summed E-state index contributed by atoms with van der Waals surface area (Å²) in [5.41, 5.74) is 0.194. The van der Waals surface area contributed by atoms with E-state index in [1.54, 1.807) is 6.92 Å². The number of carbonyl (C=O) groups excluding carboxylic acids is 2. The van der Waals surface area contributed by atoms with E-state index in [0.29, 0.717) is 42.2 Å². The molecule has 24 heavy (non-hydrogen) atoms. The Morgan fingerprint density at radius 3 is 2.42 bits per heavy atom. The van der Waals surface area contributed by atoms with E-state index < -0.39 is 0 Å². The van der Waals surface area contributed by atoms with Crippen LogP contribution in [0.4, 0.5) is 0 Å². The lowest BCUT2D eigenvalue weighted by Crippen LogP contribution is -2.57. The monoisotopic (exact) mass is 332 g/mol. The lowest BCUT2D eigenvalue weighted by molar-refractivity contribution is -0.160. The van der Waals surface area contributed by atoms with Gasteiger partial charge in [0, 0.05) is 18.3 Å². The molecule has 0 unspecified atom stereocenters. The van der Waals surface area contributed by atoms with Gasteiger partial charge >= 0.3 is 0 Å². The highest BCUT2D eigenvalue weighted by molar-refractivity contribution is 5.83. The first kappa shape index (κ1) is 16.8. The number of aliphatic hydroxyl groups excluding tert-OH is 1. The minimum absolute atomic E-state index is 0.0665. The van der Waals surface area contributed by atoms with Gasteiger partial charge in [0.05, 0.1) is 6.10 Å². The first-order valence-corrected chi connectivity index (χ1v) is 9.98. The Hall–Kier alpha value is -0.700. The quantitative estimate of drug-likeness (QED) is 0.795. The number of ketones is 2. The minimum Gasteiger partial charge on any atom is -0.393 e. The van der Waals surface area contributed by atoms with Gasteiger partial charge in [0.1, 0.15) is 11.6 Å². The second kappa shape index (κ2) is 5.40. The molecule has 8 atom stereocenters. The molecule has 0 aliphatic heterocycles. The van der Waals surface area contributed by atoms with Crippen LogP contribution in [-0.2, 0) is 9.59 Å². The van der Waals surface area contributed by atoms with Crippen molar-refractivity contribution in [1.82, 2.24) is 0 Å². The van der Waals surface area contributed by atoms with Crippen molar-refractivity contribution in [2.24, 2.45) is 40.4 Å². The summed E-state index contributed by atoms with van der Waals surface area (Å²) in [6.07, 6.45) is 7.38. The second-order valence-corrected chi connectivity index (χ2v) is 9.82. The molecule has 4 saturated carbocycles. The van der Waals surface area contributed by atoms with Crippen molar-refractivity contribution in [1.29, 1.82) is 0 Å². The molecule has 0 aromatic carbocycles. The molecular formula is C21H32O3. The molecule has 3 nitrogen and oxygen atoms in total. The number of hydrogen-bond donors (Lipinski definition) is 1. The fraction of sp³-hybridized carbons (Fsp3) is 0.905. The van der Waals surface area contributed by atoms with E-state index in [1.807, 2.05) is 0 Å². The van der Waals surface area contributed by atoms with Crippen molar-refractivity contribution in [3.8, 4) is 0 Å². The van der Waals surface area contributed by atoms with Crippen LogP contribution in [0.2, 0.25) is 0 Å². The van der Waals surface area contributed by atoms with Gasteiger partial charge in [0.15, 0.2) is 0 Å². The topological polar surface area (TPSA) is 54.4 Å². The predicted molar refractivity (Wildman–Crippen MR) is 92.3 cm³/mol. The molecule has 0 spiro atoms. The Morgan fingerprint density at radius 1 is 1.04 bits per heavy atom. The number of fused-ring (bicyclic) bond motifs is 5. The average Bonchev–Trinajstić information content (AvgIpc) is 2.87. The van der Waals surface area contributed by atoms with Gasteiger partial charge in [-0.15, -0.1) is 0 Å². The van der Waals surface area contributed by atoms with Crippen LogP contribution >= 0.6 is 0 Å². The zero-order valence-electron chi connectivity index (χ0n) is 15.4. The molecule has 0 heterocycles. The highest BCUT2D eigenvalue weighted by atomic mass is 16.3. The highest BCUT2D eigenvalue weighted by Crippen LogP contribution is 2.66. The summed E-state index contributed by atoms with van der Waals surface area (Å²) in [5, 5.41) is 10.1. The van der Waals surface area contributed by atoms with Gasteiger partial charge in [0.25, 0.3) is 0 Å². The van der Waals surface area contributed by atoms with Crippen LogP contribution < -0.4 is 0 Å². The van der Waals surface area contributed by atoms with E-state index in [1.165, 1.54) is 0 Å². The van der Waals surface area contributed by atoms with Crippen LogP contribution in [0, 0.1) is 40.4 Å². The molecule has 0 aromatic rings. The molecule has 4 aliphatic rings. The average molecular weight is 332 g/mol.